The van der Waals surface area contributed by atoms with Crippen LogP contribution in [0.1, 0.15) is 17.3 Å². The van der Waals surface area contributed by atoms with Gasteiger partial charge in [0, 0.05) is 0 Å². The fourth-order valence-corrected chi connectivity index (χ4v) is 1.64. The van der Waals surface area contributed by atoms with Gasteiger partial charge in [-0.2, -0.15) is 0 Å². The number of benzene rings is 1. The molecule has 1 aromatic rings. The van der Waals surface area contributed by atoms with Gasteiger partial charge in [-0.05, 0) is 19.1 Å². The van der Waals surface area contributed by atoms with Crippen LogP contribution in [-0.4, -0.2) is 19.7 Å². The number of aromatic hydroxyl groups is 1. The van der Waals surface area contributed by atoms with E-state index in [9.17, 15) is 14.1 Å². The monoisotopic (exact) mass is 200 g/mol. The number of carbonyl (C=O) groups is 1. The predicted molar refractivity (Wildman–Crippen MR) is 47.1 cm³/mol. The number of phenolic OH excluding ortho intramolecular Hbond substituents is 1. The summed E-state index contributed by atoms with van der Waals surface area (Å²) in [7, 11) is 0. The number of rotatable bonds is 2. The lowest BCUT2D eigenvalue weighted by Gasteiger charge is -2.04. The molecule has 13 heavy (non-hydrogen) atoms. The van der Waals surface area contributed by atoms with E-state index in [1.807, 2.05) is 0 Å². The minimum Gasteiger partial charge on any atom is -0.507 e. The quantitative estimate of drug-likeness (QED) is 0.555. The summed E-state index contributed by atoms with van der Waals surface area (Å²) in [4.78, 5) is 10.9. The molecule has 0 aliphatic carbocycles. The van der Waals surface area contributed by atoms with Crippen molar-refractivity contribution in [1.29, 1.82) is 0 Å². The van der Waals surface area contributed by atoms with Crippen molar-refractivity contribution in [3.05, 3.63) is 23.8 Å². The van der Waals surface area contributed by atoms with Crippen LogP contribution >= 0.6 is 0 Å². The van der Waals surface area contributed by atoms with Crippen LogP contribution in [-0.2, 0) is 11.1 Å². The lowest BCUT2D eigenvalue weighted by Crippen LogP contribution is -2.01. The maximum atomic E-state index is 11.0. The Bertz CT molecular complexity index is 372. The summed E-state index contributed by atoms with van der Waals surface area (Å²) >= 11 is -2.25. The lowest BCUT2D eigenvalue weighted by molar-refractivity contribution is 0.101. The standard InChI is InChI=1S/C8H8O4S/c1-5(9)8-6(10)3-2-4-7(8)13(11)12/h2-4,10H,1H3,(H,11,12). The second-order valence-corrected chi connectivity index (χ2v) is 3.39. The molecule has 0 aliphatic rings. The number of ketones is 1. The molecule has 0 saturated carbocycles. The van der Waals surface area contributed by atoms with E-state index in [0.717, 1.165) is 0 Å². The molecule has 0 fully saturated rings. The molecule has 2 N–H and O–H groups in total. The Morgan fingerprint density at radius 2 is 2.08 bits per heavy atom. The van der Waals surface area contributed by atoms with Crippen molar-refractivity contribution in [1.82, 2.24) is 0 Å². The molecule has 0 bridgehead atoms. The van der Waals surface area contributed by atoms with Crippen LogP contribution < -0.4 is 0 Å². The second-order valence-electron chi connectivity index (χ2n) is 2.46. The van der Waals surface area contributed by atoms with Gasteiger partial charge in [-0.3, -0.25) is 4.79 Å². The van der Waals surface area contributed by atoms with Crippen molar-refractivity contribution in [2.24, 2.45) is 0 Å². The Kier molecular flexibility index (Phi) is 2.79. The van der Waals surface area contributed by atoms with Crippen LogP contribution in [0.2, 0.25) is 0 Å². The third-order valence-electron chi connectivity index (χ3n) is 1.54. The van der Waals surface area contributed by atoms with E-state index in [2.05, 4.69) is 0 Å². The average molecular weight is 200 g/mol. The summed E-state index contributed by atoms with van der Waals surface area (Å²) in [6.45, 7) is 1.23. The van der Waals surface area contributed by atoms with Crippen LogP contribution in [0.5, 0.6) is 5.75 Å². The van der Waals surface area contributed by atoms with E-state index in [0.29, 0.717) is 0 Å². The molecule has 4 nitrogen and oxygen atoms in total. The molecule has 0 amide bonds. The van der Waals surface area contributed by atoms with E-state index in [4.69, 9.17) is 4.55 Å². The Morgan fingerprint density at radius 1 is 1.46 bits per heavy atom. The molecule has 1 unspecified atom stereocenters. The van der Waals surface area contributed by atoms with Crippen LogP contribution in [0.15, 0.2) is 23.1 Å². The van der Waals surface area contributed by atoms with Gasteiger partial charge in [-0.15, -0.1) is 0 Å². The maximum absolute atomic E-state index is 11.0. The predicted octanol–water partition coefficient (Wildman–Crippen LogP) is 1.18. The zero-order valence-electron chi connectivity index (χ0n) is 6.85. The molecule has 5 heteroatoms. The van der Waals surface area contributed by atoms with Gasteiger partial charge >= 0.3 is 0 Å². The number of phenols is 1. The molecule has 0 radical (unpaired) electrons. The molecule has 1 aromatic carbocycles. The molecule has 0 aromatic heterocycles. The van der Waals surface area contributed by atoms with Crippen LogP contribution in [0.3, 0.4) is 0 Å². The summed E-state index contributed by atoms with van der Waals surface area (Å²) in [6.07, 6.45) is 0. The Balaban J connectivity index is 3.43. The van der Waals surface area contributed by atoms with Crippen molar-refractivity contribution in [2.75, 3.05) is 0 Å². The molecule has 1 atom stereocenters. The normalized spacial score (nSPS) is 12.5. The van der Waals surface area contributed by atoms with E-state index in [-0.39, 0.29) is 16.2 Å². The Labute approximate surface area is 77.5 Å². The summed E-state index contributed by atoms with van der Waals surface area (Å²) in [6, 6.07) is 4.03. The zero-order chi connectivity index (χ0) is 10.0. The molecule has 0 aliphatic heterocycles. The van der Waals surface area contributed by atoms with Gasteiger partial charge in [0.25, 0.3) is 0 Å². The summed E-state index contributed by atoms with van der Waals surface area (Å²) in [5.74, 6) is -0.706. The molecular formula is C8H8O4S. The highest BCUT2D eigenvalue weighted by molar-refractivity contribution is 7.79. The molecular weight excluding hydrogens is 192 g/mol. The van der Waals surface area contributed by atoms with Gasteiger partial charge in [0.2, 0.25) is 0 Å². The molecule has 70 valence electrons. The first-order valence-corrected chi connectivity index (χ1v) is 4.58. The highest BCUT2D eigenvalue weighted by Gasteiger charge is 2.15. The van der Waals surface area contributed by atoms with Crippen molar-refractivity contribution >= 4 is 16.9 Å². The molecule has 0 saturated heterocycles. The lowest BCUT2D eigenvalue weighted by atomic mass is 10.1. The van der Waals surface area contributed by atoms with Crippen LogP contribution in [0, 0.1) is 0 Å². The van der Waals surface area contributed by atoms with Crippen LogP contribution in [0.25, 0.3) is 0 Å². The second kappa shape index (κ2) is 3.68. The summed E-state index contributed by atoms with van der Waals surface area (Å²) < 4.78 is 19.5. The van der Waals surface area contributed by atoms with Gasteiger partial charge in [0.1, 0.15) is 5.75 Å². The number of hydrogen-bond donors (Lipinski definition) is 2. The maximum Gasteiger partial charge on any atom is 0.187 e. The zero-order valence-corrected chi connectivity index (χ0v) is 7.67. The average Bonchev–Trinajstić information content (AvgIpc) is 2.02. The Hall–Kier alpha value is -1.20. The highest BCUT2D eigenvalue weighted by atomic mass is 32.2. The van der Waals surface area contributed by atoms with Gasteiger partial charge in [0.15, 0.2) is 16.9 Å². The smallest absolute Gasteiger partial charge is 0.187 e. The van der Waals surface area contributed by atoms with E-state index in [1.165, 1.54) is 25.1 Å². The van der Waals surface area contributed by atoms with E-state index < -0.39 is 16.9 Å². The van der Waals surface area contributed by atoms with Crippen molar-refractivity contribution in [3.8, 4) is 5.75 Å². The van der Waals surface area contributed by atoms with Crippen molar-refractivity contribution in [3.63, 3.8) is 0 Å². The largest absolute Gasteiger partial charge is 0.507 e. The van der Waals surface area contributed by atoms with Gasteiger partial charge in [0.05, 0.1) is 10.5 Å². The minimum atomic E-state index is -2.25. The molecule has 0 spiro atoms. The fourth-order valence-electron chi connectivity index (χ4n) is 1.02. The summed E-state index contributed by atoms with van der Waals surface area (Å²) in [5.41, 5.74) is -0.0941. The minimum absolute atomic E-state index is 0.0625. The van der Waals surface area contributed by atoms with Gasteiger partial charge in [-0.1, -0.05) is 6.07 Å². The number of hydrogen-bond acceptors (Lipinski definition) is 3. The van der Waals surface area contributed by atoms with Crippen molar-refractivity contribution < 1.29 is 18.7 Å². The fraction of sp³-hybridized carbons (Fsp3) is 0.125. The third kappa shape index (κ3) is 1.93. The SMILES string of the molecule is CC(=O)c1c(O)cccc1S(=O)O. The molecule has 0 heterocycles. The van der Waals surface area contributed by atoms with E-state index >= 15 is 0 Å². The third-order valence-corrected chi connectivity index (χ3v) is 2.26. The first-order chi connectivity index (χ1) is 6.04. The van der Waals surface area contributed by atoms with Gasteiger partial charge in [-0.25, -0.2) is 4.21 Å². The molecule has 1 rings (SSSR count). The first-order valence-electron chi connectivity index (χ1n) is 3.48. The first kappa shape index (κ1) is 9.88. The van der Waals surface area contributed by atoms with Gasteiger partial charge < -0.3 is 9.66 Å². The van der Waals surface area contributed by atoms with Crippen LogP contribution in [0.4, 0.5) is 0 Å². The number of Topliss-reactive ketones (excluding diaryl/α,β-unsaturated/α-hetero) is 1. The van der Waals surface area contributed by atoms with Crippen molar-refractivity contribution in [2.45, 2.75) is 11.8 Å². The summed E-state index contributed by atoms with van der Waals surface area (Å²) in [5, 5.41) is 9.24. The highest BCUT2D eigenvalue weighted by Crippen LogP contribution is 2.23. The Morgan fingerprint density at radius 3 is 2.46 bits per heavy atom. The van der Waals surface area contributed by atoms with E-state index in [1.54, 1.807) is 0 Å². The number of carbonyl (C=O) groups excluding carboxylic acids is 1. The topological polar surface area (TPSA) is 74.6 Å².